The molecule has 2 aliphatic heterocycles. The molecule has 3 amide bonds. The van der Waals surface area contributed by atoms with Gasteiger partial charge in [0.1, 0.15) is 5.82 Å². The summed E-state index contributed by atoms with van der Waals surface area (Å²) in [6, 6.07) is 5.50. The molecule has 2 saturated heterocycles. The molecule has 2 heterocycles. The number of amides is 3. The van der Waals surface area contributed by atoms with Gasteiger partial charge in [-0.25, -0.2) is 4.39 Å². The number of rotatable bonds is 2. The molecule has 0 aliphatic carbocycles. The average Bonchev–Trinajstić information content (AvgIpc) is 2.67. The fraction of sp³-hybridized carbons (Fsp3) is 0.526. The van der Waals surface area contributed by atoms with Crippen molar-refractivity contribution in [1.82, 2.24) is 14.7 Å². The fourth-order valence-electron chi connectivity index (χ4n) is 3.64. The number of nitrogens with zero attached hydrogens (tertiary/aromatic N) is 3. The molecular weight excluding hydrogens is 337 g/mol. The molecule has 26 heavy (non-hydrogen) atoms. The van der Waals surface area contributed by atoms with Crippen molar-refractivity contribution in [3.63, 3.8) is 0 Å². The van der Waals surface area contributed by atoms with Gasteiger partial charge in [-0.05, 0) is 37.1 Å². The van der Waals surface area contributed by atoms with Crippen LogP contribution >= 0.6 is 0 Å². The molecule has 1 unspecified atom stereocenters. The SMILES string of the molecule is CC(=O)N1CCN(C(=O)C2CCCN(C(=O)c3ccc(F)cc3)C2)CC1. The minimum absolute atomic E-state index is 0.0332. The van der Waals surface area contributed by atoms with Crippen LogP contribution in [0, 0.1) is 11.7 Å². The number of benzene rings is 1. The van der Waals surface area contributed by atoms with Crippen LogP contribution in [0.15, 0.2) is 24.3 Å². The second-order valence-electron chi connectivity index (χ2n) is 6.93. The molecule has 0 spiro atoms. The Labute approximate surface area is 152 Å². The Morgan fingerprint density at radius 1 is 0.923 bits per heavy atom. The summed E-state index contributed by atoms with van der Waals surface area (Å²) in [7, 11) is 0. The van der Waals surface area contributed by atoms with E-state index in [1.54, 1.807) is 14.7 Å². The molecular formula is C19H24FN3O3. The van der Waals surface area contributed by atoms with E-state index in [9.17, 15) is 18.8 Å². The Hall–Kier alpha value is -2.44. The summed E-state index contributed by atoms with van der Waals surface area (Å²) in [6.07, 6.45) is 1.54. The average molecular weight is 361 g/mol. The lowest BCUT2D eigenvalue weighted by molar-refractivity contribution is -0.142. The highest BCUT2D eigenvalue weighted by Crippen LogP contribution is 2.21. The quantitative estimate of drug-likeness (QED) is 0.799. The smallest absolute Gasteiger partial charge is 0.253 e. The van der Waals surface area contributed by atoms with Crippen molar-refractivity contribution in [3.05, 3.63) is 35.6 Å². The zero-order valence-electron chi connectivity index (χ0n) is 15.0. The fourth-order valence-corrected chi connectivity index (χ4v) is 3.64. The van der Waals surface area contributed by atoms with Gasteiger partial charge in [0, 0.05) is 51.8 Å². The minimum Gasteiger partial charge on any atom is -0.339 e. The van der Waals surface area contributed by atoms with Gasteiger partial charge in [0.15, 0.2) is 0 Å². The Morgan fingerprint density at radius 2 is 1.54 bits per heavy atom. The largest absolute Gasteiger partial charge is 0.339 e. The molecule has 2 aliphatic rings. The molecule has 3 rings (SSSR count). The van der Waals surface area contributed by atoms with Gasteiger partial charge >= 0.3 is 0 Å². The lowest BCUT2D eigenvalue weighted by Gasteiger charge is -2.38. The molecule has 6 nitrogen and oxygen atoms in total. The van der Waals surface area contributed by atoms with Crippen LogP contribution in [-0.4, -0.2) is 71.7 Å². The van der Waals surface area contributed by atoms with Crippen molar-refractivity contribution in [2.75, 3.05) is 39.3 Å². The molecule has 0 aromatic heterocycles. The first-order valence-corrected chi connectivity index (χ1v) is 9.05. The number of carbonyl (C=O) groups is 3. The molecule has 0 radical (unpaired) electrons. The first kappa shape index (κ1) is 18.4. The number of likely N-dealkylation sites (tertiary alicyclic amines) is 1. The Kier molecular flexibility index (Phi) is 5.54. The minimum atomic E-state index is -0.377. The van der Waals surface area contributed by atoms with Crippen molar-refractivity contribution >= 4 is 17.7 Å². The van der Waals surface area contributed by atoms with E-state index in [0.29, 0.717) is 44.8 Å². The third-order valence-electron chi connectivity index (χ3n) is 5.19. The van der Waals surface area contributed by atoms with Crippen molar-refractivity contribution in [2.24, 2.45) is 5.92 Å². The van der Waals surface area contributed by atoms with E-state index in [-0.39, 0.29) is 29.5 Å². The lowest BCUT2D eigenvalue weighted by Crippen LogP contribution is -2.53. The number of piperazine rings is 1. The van der Waals surface area contributed by atoms with Gasteiger partial charge in [0.05, 0.1) is 5.92 Å². The van der Waals surface area contributed by atoms with Gasteiger partial charge in [0.2, 0.25) is 11.8 Å². The summed E-state index contributed by atoms with van der Waals surface area (Å²) in [6.45, 7) is 4.75. The molecule has 1 aromatic carbocycles. The first-order valence-electron chi connectivity index (χ1n) is 9.05. The number of piperidine rings is 1. The standard InChI is InChI=1S/C19H24FN3O3/c1-14(24)21-9-11-22(12-10-21)19(26)16-3-2-8-23(13-16)18(25)15-4-6-17(20)7-5-15/h4-7,16H,2-3,8-13H2,1H3. The molecule has 0 saturated carbocycles. The maximum Gasteiger partial charge on any atom is 0.253 e. The number of hydrogen-bond acceptors (Lipinski definition) is 3. The molecule has 7 heteroatoms. The normalized spacial score (nSPS) is 20.8. The first-order chi connectivity index (χ1) is 12.5. The third-order valence-corrected chi connectivity index (χ3v) is 5.19. The topological polar surface area (TPSA) is 60.9 Å². The number of halogens is 1. The van der Waals surface area contributed by atoms with Crippen LogP contribution in [0.1, 0.15) is 30.1 Å². The van der Waals surface area contributed by atoms with Gasteiger partial charge in [-0.3, -0.25) is 14.4 Å². The Bertz CT molecular complexity index is 684. The second kappa shape index (κ2) is 7.85. The molecule has 0 bridgehead atoms. The van der Waals surface area contributed by atoms with Crippen LogP contribution in [0.2, 0.25) is 0 Å². The van der Waals surface area contributed by atoms with Crippen LogP contribution < -0.4 is 0 Å². The second-order valence-corrected chi connectivity index (χ2v) is 6.93. The van der Waals surface area contributed by atoms with Crippen molar-refractivity contribution in [1.29, 1.82) is 0 Å². The van der Waals surface area contributed by atoms with E-state index in [1.165, 1.54) is 31.2 Å². The molecule has 2 fully saturated rings. The highest BCUT2D eigenvalue weighted by molar-refractivity contribution is 5.94. The van der Waals surface area contributed by atoms with Crippen molar-refractivity contribution in [2.45, 2.75) is 19.8 Å². The predicted molar refractivity (Wildman–Crippen MR) is 93.9 cm³/mol. The van der Waals surface area contributed by atoms with Gasteiger partial charge in [-0.15, -0.1) is 0 Å². The van der Waals surface area contributed by atoms with E-state index >= 15 is 0 Å². The highest BCUT2D eigenvalue weighted by Gasteiger charge is 2.33. The van der Waals surface area contributed by atoms with Gasteiger partial charge in [-0.2, -0.15) is 0 Å². The summed E-state index contributed by atoms with van der Waals surface area (Å²) >= 11 is 0. The lowest BCUT2D eigenvalue weighted by atomic mass is 9.95. The van der Waals surface area contributed by atoms with Crippen LogP contribution in [0.4, 0.5) is 4.39 Å². The summed E-state index contributed by atoms with van der Waals surface area (Å²) in [5.41, 5.74) is 0.439. The molecule has 1 atom stereocenters. The van der Waals surface area contributed by atoms with E-state index in [0.717, 1.165) is 12.8 Å². The molecule has 1 aromatic rings. The highest BCUT2D eigenvalue weighted by atomic mass is 19.1. The Morgan fingerprint density at radius 3 is 2.15 bits per heavy atom. The van der Waals surface area contributed by atoms with Crippen LogP contribution in [0.25, 0.3) is 0 Å². The predicted octanol–water partition coefficient (Wildman–Crippen LogP) is 1.37. The number of carbonyl (C=O) groups excluding carboxylic acids is 3. The molecule has 0 N–H and O–H groups in total. The van der Waals surface area contributed by atoms with Gasteiger partial charge < -0.3 is 14.7 Å². The summed E-state index contributed by atoms with van der Waals surface area (Å²) in [4.78, 5) is 42.1. The van der Waals surface area contributed by atoms with Crippen molar-refractivity contribution in [3.8, 4) is 0 Å². The maximum atomic E-state index is 13.0. The van der Waals surface area contributed by atoms with Crippen molar-refractivity contribution < 1.29 is 18.8 Å². The van der Waals surface area contributed by atoms with Gasteiger partial charge in [-0.1, -0.05) is 0 Å². The summed E-state index contributed by atoms with van der Waals surface area (Å²) in [5.74, 6) is -0.658. The Balaban J connectivity index is 1.59. The van der Waals surface area contributed by atoms with Crippen LogP contribution in [0.3, 0.4) is 0 Å². The van der Waals surface area contributed by atoms with E-state index < -0.39 is 0 Å². The maximum absolute atomic E-state index is 13.0. The van der Waals surface area contributed by atoms with Gasteiger partial charge in [0.25, 0.3) is 5.91 Å². The van der Waals surface area contributed by atoms with E-state index in [1.807, 2.05) is 0 Å². The molecule has 140 valence electrons. The zero-order chi connectivity index (χ0) is 18.7. The number of hydrogen-bond donors (Lipinski definition) is 0. The summed E-state index contributed by atoms with van der Waals surface area (Å²) in [5, 5.41) is 0. The zero-order valence-corrected chi connectivity index (χ0v) is 15.0. The van der Waals surface area contributed by atoms with E-state index in [2.05, 4.69) is 0 Å². The van der Waals surface area contributed by atoms with E-state index in [4.69, 9.17) is 0 Å². The summed E-state index contributed by atoms with van der Waals surface area (Å²) < 4.78 is 13.0. The van der Waals surface area contributed by atoms with Crippen LogP contribution in [0.5, 0.6) is 0 Å². The third kappa shape index (κ3) is 4.03. The monoisotopic (exact) mass is 361 g/mol. The van der Waals surface area contributed by atoms with Crippen LogP contribution in [-0.2, 0) is 9.59 Å².